The number of hydrogen-bond acceptors (Lipinski definition) is 6. The molecule has 2 atom stereocenters. The molecule has 2 unspecified atom stereocenters. The normalized spacial score (nSPS) is 24.6. The minimum absolute atomic E-state index is 0.0640. The molecule has 1 aromatic heterocycles. The van der Waals surface area contributed by atoms with Gasteiger partial charge in [0.25, 0.3) is 0 Å². The van der Waals surface area contributed by atoms with E-state index in [1.807, 2.05) is 0 Å². The molecule has 3 N–H and O–H groups in total. The molecule has 0 aromatic carbocycles. The van der Waals surface area contributed by atoms with Gasteiger partial charge < -0.3 is 15.8 Å². The second kappa shape index (κ2) is 4.65. The topological polar surface area (TPSA) is 103 Å². The maximum absolute atomic E-state index is 11.0. The molecule has 1 aromatic rings. The van der Waals surface area contributed by atoms with E-state index in [4.69, 9.17) is 10.5 Å². The Labute approximate surface area is 111 Å². The molecular weight excluding hydrogens is 248 g/mol. The summed E-state index contributed by atoms with van der Waals surface area (Å²) in [5, 5.41) is 14.1. The van der Waals surface area contributed by atoms with E-state index in [9.17, 15) is 10.1 Å². The fourth-order valence-corrected chi connectivity index (χ4v) is 2.42. The highest BCUT2D eigenvalue weighted by Crippen LogP contribution is 2.44. The SMILES string of the molecule is COC1CC(Nc2nc(N)ccc2[N+](=O)[O-])C1(C)C. The number of aromatic nitrogens is 1. The van der Waals surface area contributed by atoms with E-state index >= 15 is 0 Å². The van der Waals surface area contributed by atoms with E-state index in [0.717, 1.165) is 6.42 Å². The predicted octanol–water partition coefficient (Wildman–Crippen LogP) is 1.80. The Hall–Kier alpha value is -1.89. The van der Waals surface area contributed by atoms with Crippen molar-refractivity contribution < 1.29 is 9.66 Å². The van der Waals surface area contributed by atoms with Crippen molar-refractivity contribution in [2.24, 2.45) is 5.41 Å². The van der Waals surface area contributed by atoms with Crippen LogP contribution in [0.15, 0.2) is 12.1 Å². The van der Waals surface area contributed by atoms with E-state index in [2.05, 4.69) is 24.1 Å². The molecule has 1 aliphatic carbocycles. The Balaban J connectivity index is 2.21. The first-order valence-electron chi connectivity index (χ1n) is 6.06. The summed E-state index contributed by atoms with van der Waals surface area (Å²) in [6.07, 6.45) is 0.932. The van der Waals surface area contributed by atoms with Gasteiger partial charge in [0.15, 0.2) is 0 Å². The molecule has 1 saturated carbocycles. The molecule has 1 heterocycles. The highest BCUT2D eigenvalue weighted by molar-refractivity contribution is 5.60. The summed E-state index contributed by atoms with van der Waals surface area (Å²) in [5.41, 5.74) is 5.42. The summed E-state index contributed by atoms with van der Waals surface area (Å²) in [4.78, 5) is 14.5. The van der Waals surface area contributed by atoms with Gasteiger partial charge in [0, 0.05) is 24.6 Å². The first-order valence-corrected chi connectivity index (χ1v) is 6.06. The number of nitrogens with zero attached hydrogens (tertiary/aromatic N) is 2. The number of nitrogens with one attached hydrogen (secondary N) is 1. The van der Waals surface area contributed by atoms with Crippen molar-refractivity contribution in [1.29, 1.82) is 0 Å². The minimum Gasteiger partial charge on any atom is -0.384 e. The zero-order chi connectivity index (χ0) is 14.2. The second-order valence-corrected chi connectivity index (χ2v) is 5.34. The van der Waals surface area contributed by atoms with Gasteiger partial charge in [-0.05, 0) is 12.5 Å². The molecular formula is C12H18N4O3. The quantitative estimate of drug-likeness (QED) is 0.636. The van der Waals surface area contributed by atoms with E-state index in [1.165, 1.54) is 12.1 Å². The van der Waals surface area contributed by atoms with E-state index in [1.54, 1.807) is 7.11 Å². The molecule has 7 heteroatoms. The summed E-state index contributed by atoms with van der Waals surface area (Å²) in [6, 6.07) is 2.86. The molecule has 0 radical (unpaired) electrons. The number of anilines is 2. The predicted molar refractivity (Wildman–Crippen MR) is 71.9 cm³/mol. The molecule has 7 nitrogen and oxygen atoms in total. The Bertz CT molecular complexity index is 504. The van der Waals surface area contributed by atoms with Gasteiger partial charge in [-0.1, -0.05) is 13.8 Å². The van der Waals surface area contributed by atoms with E-state index < -0.39 is 4.92 Å². The number of rotatable bonds is 4. The average Bonchev–Trinajstić information content (AvgIpc) is 2.33. The van der Waals surface area contributed by atoms with Crippen molar-refractivity contribution >= 4 is 17.3 Å². The number of nitro groups is 1. The second-order valence-electron chi connectivity index (χ2n) is 5.34. The maximum atomic E-state index is 11.0. The fraction of sp³-hybridized carbons (Fsp3) is 0.583. The van der Waals surface area contributed by atoms with Crippen LogP contribution < -0.4 is 11.1 Å². The smallest absolute Gasteiger partial charge is 0.311 e. The Morgan fingerprint density at radius 2 is 2.26 bits per heavy atom. The molecule has 0 aliphatic heterocycles. The summed E-state index contributed by atoms with van der Waals surface area (Å²) in [6.45, 7) is 4.11. The Morgan fingerprint density at radius 3 is 2.79 bits per heavy atom. The van der Waals surface area contributed by atoms with Crippen molar-refractivity contribution in [1.82, 2.24) is 4.98 Å². The third kappa shape index (κ3) is 2.33. The lowest BCUT2D eigenvalue weighted by Crippen LogP contribution is -2.57. The van der Waals surface area contributed by atoms with Crippen LogP contribution in [0.4, 0.5) is 17.3 Å². The molecule has 1 aliphatic rings. The van der Waals surface area contributed by atoms with Crippen molar-refractivity contribution in [2.45, 2.75) is 32.4 Å². The van der Waals surface area contributed by atoms with Crippen LogP contribution in [0.3, 0.4) is 0 Å². The highest BCUT2D eigenvalue weighted by Gasteiger charge is 2.49. The standard InChI is InChI=1S/C12H18N4O3/c1-12(2)8(6-9(12)19-3)14-11-7(16(17)18)4-5-10(13)15-11/h4-5,8-9H,6H2,1-3H3,(H3,13,14,15). The highest BCUT2D eigenvalue weighted by atomic mass is 16.6. The Morgan fingerprint density at radius 1 is 1.58 bits per heavy atom. The van der Waals surface area contributed by atoms with E-state index in [0.29, 0.717) is 0 Å². The first-order chi connectivity index (χ1) is 8.86. The summed E-state index contributed by atoms with van der Waals surface area (Å²) in [7, 11) is 1.67. The third-order valence-electron chi connectivity index (χ3n) is 3.87. The number of pyridine rings is 1. The molecule has 0 amide bonds. The van der Waals surface area contributed by atoms with Crippen LogP contribution in [0.25, 0.3) is 0 Å². The molecule has 0 bridgehead atoms. The Kier molecular flexibility index (Phi) is 3.32. The molecule has 19 heavy (non-hydrogen) atoms. The van der Waals surface area contributed by atoms with Gasteiger partial charge in [-0.3, -0.25) is 10.1 Å². The van der Waals surface area contributed by atoms with Crippen LogP contribution >= 0.6 is 0 Å². The lowest BCUT2D eigenvalue weighted by molar-refractivity contribution is -0.384. The minimum atomic E-state index is -0.464. The van der Waals surface area contributed by atoms with Crippen molar-refractivity contribution in [3.8, 4) is 0 Å². The number of ether oxygens (including phenoxy) is 1. The first kappa shape index (κ1) is 13.5. The van der Waals surface area contributed by atoms with Gasteiger partial charge >= 0.3 is 5.69 Å². The monoisotopic (exact) mass is 266 g/mol. The molecule has 2 rings (SSSR count). The van der Waals surface area contributed by atoms with Crippen LogP contribution in [0.1, 0.15) is 20.3 Å². The lowest BCUT2D eigenvalue weighted by Gasteiger charge is -2.51. The number of nitrogens with two attached hydrogens (primary N) is 1. The van der Waals surface area contributed by atoms with Crippen LogP contribution in [-0.2, 0) is 4.74 Å². The summed E-state index contributed by atoms with van der Waals surface area (Å²) in [5.74, 6) is 0.478. The number of hydrogen-bond donors (Lipinski definition) is 2. The van der Waals surface area contributed by atoms with Gasteiger partial charge in [0.2, 0.25) is 5.82 Å². The summed E-state index contributed by atoms with van der Waals surface area (Å²) < 4.78 is 5.35. The lowest BCUT2D eigenvalue weighted by atomic mass is 9.64. The van der Waals surface area contributed by atoms with Gasteiger partial charge in [-0.15, -0.1) is 0 Å². The van der Waals surface area contributed by atoms with Gasteiger partial charge in [0.1, 0.15) is 5.82 Å². The third-order valence-corrected chi connectivity index (χ3v) is 3.87. The van der Waals surface area contributed by atoms with Crippen LogP contribution in [0, 0.1) is 15.5 Å². The van der Waals surface area contributed by atoms with Crippen LogP contribution in [0.2, 0.25) is 0 Å². The fourth-order valence-electron chi connectivity index (χ4n) is 2.42. The molecule has 0 saturated heterocycles. The molecule has 1 fully saturated rings. The maximum Gasteiger partial charge on any atom is 0.311 e. The molecule has 104 valence electrons. The van der Waals surface area contributed by atoms with E-state index in [-0.39, 0.29) is 34.9 Å². The molecule has 0 spiro atoms. The zero-order valence-electron chi connectivity index (χ0n) is 11.2. The van der Waals surface area contributed by atoms with Gasteiger partial charge in [-0.25, -0.2) is 4.98 Å². The number of nitrogen functional groups attached to an aromatic ring is 1. The van der Waals surface area contributed by atoms with Gasteiger partial charge in [0.05, 0.1) is 11.0 Å². The van der Waals surface area contributed by atoms with Crippen LogP contribution in [0.5, 0.6) is 0 Å². The van der Waals surface area contributed by atoms with Crippen molar-refractivity contribution in [2.75, 3.05) is 18.2 Å². The summed E-state index contributed by atoms with van der Waals surface area (Å²) >= 11 is 0. The number of methoxy groups -OCH3 is 1. The van der Waals surface area contributed by atoms with Crippen LogP contribution in [-0.4, -0.2) is 29.2 Å². The van der Waals surface area contributed by atoms with Crippen molar-refractivity contribution in [3.63, 3.8) is 0 Å². The zero-order valence-corrected chi connectivity index (χ0v) is 11.2. The largest absolute Gasteiger partial charge is 0.384 e. The van der Waals surface area contributed by atoms with Crippen molar-refractivity contribution in [3.05, 3.63) is 22.2 Å². The average molecular weight is 266 g/mol. The van der Waals surface area contributed by atoms with Gasteiger partial charge in [-0.2, -0.15) is 0 Å².